The third-order valence-electron chi connectivity index (χ3n) is 4.17. The van der Waals surface area contributed by atoms with Crippen molar-refractivity contribution in [3.05, 3.63) is 59.1 Å². The lowest BCUT2D eigenvalue weighted by molar-refractivity contribution is -0.137. The Morgan fingerprint density at radius 2 is 1.96 bits per heavy atom. The highest BCUT2D eigenvalue weighted by atomic mass is 32.1. The number of rotatable bonds is 5. The van der Waals surface area contributed by atoms with Gasteiger partial charge in [-0.05, 0) is 37.3 Å². The predicted octanol–water partition coefficient (Wildman–Crippen LogP) is 4.91. The average molecular weight is 394 g/mol. The van der Waals surface area contributed by atoms with Crippen LogP contribution in [0.15, 0.2) is 48.5 Å². The third-order valence-corrected chi connectivity index (χ3v) is 5.37. The van der Waals surface area contributed by atoms with E-state index < -0.39 is 11.7 Å². The van der Waals surface area contributed by atoms with Crippen molar-refractivity contribution < 1.29 is 22.7 Å². The van der Waals surface area contributed by atoms with Gasteiger partial charge in [-0.2, -0.15) is 13.2 Å². The van der Waals surface area contributed by atoms with Crippen molar-refractivity contribution in [3.63, 3.8) is 0 Å². The van der Waals surface area contributed by atoms with Crippen molar-refractivity contribution in [2.24, 2.45) is 0 Å². The van der Waals surface area contributed by atoms with Gasteiger partial charge in [0.05, 0.1) is 21.8 Å². The maximum atomic E-state index is 12.7. The van der Waals surface area contributed by atoms with Crippen LogP contribution in [0.2, 0.25) is 0 Å². The van der Waals surface area contributed by atoms with E-state index in [1.54, 1.807) is 7.05 Å². The van der Waals surface area contributed by atoms with Gasteiger partial charge in [0.2, 0.25) is 0 Å². The molecule has 1 atom stereocenters. The summed E-state index contributed by atoms with van der Waals surface area (Å²) in [5, 5.41) is 0.783. The van der Waals surface area contributed by atoms with E-state index in [1.165, 1.54) is 28.4 Å². The van der Waals surface area contributed by atoms with Gasteiger partial charge < -0.3 is 9.64 Å². The molecule has 0 aliphatic carbocycles. The Labute approximate surface area is 158 Å². The maximum Gasteiger partial charge on any atom is 0.416 e. The second kappa shape index (κ2) is 7.56. The van der Waals surface area contributed by atoms with E-state index in [9.17, 15) is 18.0 Å². The first-order valence-electron chi connectivity index (χ1n) is 8.17. The Kier molecular flexibility index (Phi) is 5.36. The number of amides is 1. The predicted molar refractivity (Wildman–Crippen MR) is 97.7 cm³/mol. The van der Waals surface area contributed by atoms with Crippen molar-refractivity contribution in [2.45, 2.75) is 19.1 Å². The lowest BCUT2D eigenvalue weighted by Gasteiger charge is -2.23. The van der Waals surface area contributed by atoms with Gasteiger partial charge in [-0.3, -0.25) is 4.79 Å². The molecule has 0 spiro atoms. The fourth-order valence-electron chi connectivity index (χ4n) is 2.46. The topological polar surface area (TPSA) is 42.4 Å². The highest BCUT2D eigenvalue weighted by molar-refractivity contribution is 7.18. The largest absolute Gasteiger partial charge is 0.484 e. The minimum Gasteiger partial charge on any atom is -0.484 e. The summed E-state index contributed by atoms with van der Waals surface area (Å²) in [4.78, 5) is 18.4. The zero-order valence-electron chi connectivity index (χ0n) is 14.7. The molecule has 0 fully saturated rings. The number of para-hydroxylation sites is 1. The summed E-state index contributed by atoms with van der Waals surface area (Å²) in [6, 6.07) is 11.9. The number of alkyl halides is 3. The minimum atomic E-state index is -4.46. The van der Waals surface area contributed by atoms with Crippen LogP contribution < -0.4 is 4.74 Å². The van der Waals surface area contributed by atoms with Crippen LogP contribution in [-0.4, -0.2) is 29.4 Å². The Bertz CT molecular complexity index is 922. The van der Waals surface area contributed by atoms with Crippen LogP contribution >= 0.6 is 11.3 Å². The molecule has 0 radical (unpaired) electrons. The summed E-state index contributed by atoms with van der Waals surface area (Å²) < 4.78 is 44.5. The summed E-state index contributed by atoms with van der Waals surface area (Å²) in [7, 11) is 1.62. The van der Waals surface area contributed by atoms with Crippen LogP contribution in [0.1, 0.15) is 23.5 Å². The van der Waals surface area contributed by atoms with Gasteiger partial charge >= 0.3 is 6.18 Å². The molecule has 8 heteroatoms. The Morgan fingerprint density at radius 3 is 2.67 bits per heavy atom. The van der Waals surface area contributed by atoms with E-state index in [2.05, 4.69) is 4.98 Å². The number of carbonyl (C=O) groups excluding carboxylic acids is 1. The van der Waals surface area contributed by atoms with Crippen molar-refractivity contribution in [3.8, 4) is 5.75 Å². The van der Waals surface area contributed by atoms with Crippen molar-refractivity contribution >= 4 is 27.5 Å². The monoisotopic (exact) mass is 394 g/mol. The highest BCUT2D eigenvalue weighted by Crippen LogP contribution is 2.31. The fraction of sp³-hybridized carbons (Fsp3) is 0.263. The summed E-state index contributed by atoms with van der Waals surface area (Å²) in [6.45, 7) is 1.49. The van der Waals surface area contributed by atoms with E-state index in [1.807, 2.05) is 31.2 Å². The standard InChI is InChI=1S/C19H17F3N2O2S/c1-12(18-23-15-8-3-4-9-16(15)27-18)24(2)17(25)11-26-14-7-5-6-13(10-14)19(20,21)22/h3-10,12H,11H2,1-2H3/t12-/m0/s1. The molecule has 3 aromatic rings. The smallest absolute Gasteiger partial charge is 0.416 e. The normalized spacial score (nSPS) is 12.8. The van der Waals surface area contributed by atoms with Crippen LogP contribution in [0, 0.1) is 0 Å². The molecule has 1 amide bonds. The highest BCUT2D eigenvalue weighted by Gasteiger charge is 2.30. The molecule has 1 heterocycles. The molecule has 27 heavy (non-hydrogen) atoms. The molecule has 0 saturated carbocycles. The van der Waals surface area contributed by atoms with E-state index >= 15 is 0 Å². The second-order valence-electron chi connectivity index (χ2n) is 6.01. The van der Waals surface area contributed by atoms with Crippen molar-refractivity contribution in [1.82, 2.24) is 9.88 Å². The van der Waals surface area contributed by atoms with Crippen LogP contribution in [0.5, 0.6) is 5.75 Å². The Morgan fingerprint density at radius 1 is 1.22 bits per heavy atom. The first kappa shape index (κ1) is 19.2. The van der Waals surface area contributed by atoms with Crippen LogP contribution in [-0.2, 0) is 11.0 Å². The zero-order chi connectivity index (χ0) is 19.6. The summed E-state index contributed by atoms with van der Waals surface area (Å²) in [5.74, 6) is -0.349. The number of aromatic nitrogens is 1. The van der Waals surface area contributed by atoms with Gasteiger partial charge in [-0.15, -0.1) is 11.3 Å². The number of ether oxygens (including phenoxy) is 1. The van der Waals surface area contributed by atoms with Gasteiger partial charge in [-0.25, -0.2) is 4.98 Å². The van der Waals surface area contributed by atoms with E-state index in [-0.39, 0.29) is 24.3 Å². The molecular weight excluding hydrogens is 377 g/mol. The van der Waals surface area contributed by atoms with Gasteiger partial charge in [0.25, 0.3) is 5.91 Å². The number of nitrogens with zero attached hydrogens (tertiary/aromatic N) is 2. The lowest BCUT2D eigenvalue weighted by Crippen LogP contribution is -2.33. The molecule has 0 bridgehead atoms. The van der Waals surface area contributed by atoms with Crippen molar-refractivity contribution in [2.75, 3.05) is 13.7 Å². The molecule has 142 valence electrons. The van der Waals surface area contributed by atoms with Crippen molar-refractivity contribution in [1.29, 1.82) is 0 Å². The Balaban J connectivity index is 1.65. The maximum absolute atomic E-state index is 12.7. The minimum absolute atomic E-state index is 0.000727. The number of halogens is 3. The van der Waals surface area contributed by atoms with Crippen LogP contribution in [0.3, 0.4) is 0 Å². The van der Waals surface area contributed by atoms with Gasteiger partial charge in [0.1, 0.15) is 10.8 Å². The number of hydrogen-bond acceptors (Lipinski definition) is 4. The number of hydrogen-bond donors (Lipinski definition) is 0. The van der Waals surface area contributed by atoms with E-state index in [0.717, 1.165) is 27.4 Å². The number of fused-ring (bicyclic) bond motifs is 1. The van der Waals surface area contributed by atoms with E-state index in [4.69, 9.17) is 4.74 Å². The molecule has 3 rings (SSSR count). The molecular formula is C19H17F3N2O2S. The number of benzene rings is 2. The molecule has 0 saturated heterocycles. The summed E-state index contributed by atoms with van der Waals surface area (Å²) in [5.41, 5.74) is 0.0501. The average Bonchev–Trinajstić information content (AvgIpc) is 3.08. The zero-order valence-corrected chi connectivity index (χ0v) is 15.5. The molecule has 0 aliphatic rings. The first-order chi connectivity index (χ1) is 12.8. The fourth-order valence-corrected chi connectivity index (χ4v) is 3.52. The molecule has 0 N–H and O–H groups in total. The quantitative estimate of drug-likeness (QED) is 0.617. The van der Waals surface area contributed by atoms with Gasteiger partial charge in [0, 0.05) is 7.05 Å². The number of thiazole rings is 1. The SMILES string of the molecule is C[C@@H](c1nc2ccccc2s1)N(C)C(=O)COc1cccc(C(F)(F)F)c1. The second-order valence-corrected chi connectivity index (χ2v) is 7.08. The number of likely N-dealkylation sites (N-methyl/N-ethyl adjacent to an activating group) is 1. The van der Waals surface area contributed by atoms with Crippen LogP contribution in [0.4, 0.5) is 13.2 Å². The van der Waals surface area contributed by atoms with Gasteiger partial charge in [0.15, 0.2) is 6.61 Å². The molecule has 2 aromatic carbocycles. The summed E-state index contributed by atoms with van der Waals surface area (Å²) in [6.07, 6.45) is -4.46. The molecule has 4 nitrogen and oxygen atoms in total. The number of carbonyl (C=O) groups is 1. The summed E-state index contributed by atoms with van der Waals surface area (Å²) >= 11 is 1.50. The van der Waals surface area contributed by atoms with Crippen LogP contribution in [0.25, 0.3) is 10.2 Å². The first-order valence-corrected chi connectivity index (χ1v) is 8.98. The molecule has 1 aromatic heterocycles. The third kappa shape index (κ3) is 4.39. The molecule has 0 unspecified atom stereocenters. The lowest BCUT2D eigenvalue weighted by atomic mass is 10.2. The molecule has 0 aliphatic heterocycles. The van der Waals surface area contributed by atoms with E-state index in [0.29, 0.717) is 0 Å². The van der Waals surface area contributed by atoms with Gasteiger partial charge in [-0.1, -0.05) is 18.2 Å². The Hall–Kier alpha value is -2.61.